The Balaban J connectivity index is 1.39. The summed E-state index contributed by atoms with van der Waals surface area (Å²) in [7, 11) is 1.55. The third kappa shape index (κ3) is 4.73. The van der Waals surface area contributed by atoms with E-state index in [0.717, 1.165) is 5.56 Å². The molecule has 5 heteroatoms. The highest BCUT2D eigenvalue weighted by molar-refractivity contribution is 6.37. The van der Waals surface area contributed by atoms with Gasteiger partial charge < -0.3 is 9.64 Å². The van der Waals surface area contributed by atoms with Gasteiger partial charge in [0.2, 0.25) is 0 Å². The number of nitrogens with zero attached hydrogens (tertiary/aromatic N) is 2. The van der Waals surface area contributed by atoms with Gasteiger partial charge in [-0.15, -0.1) is 0 Å². The number of methoxy groups -OCH3 is 1. The van der Waals surface area contributed by atoms with Crippen LogP contribution < -0.4 is 9.64 Å². The van der Waals surface area contributed by atoms with Crippen molar-refractivity contribution in [3.8, 4) is 5.75 Å². The van der Waals surface area contributed by atoms with Crippen molar-refractivity contribution in [2.45, 2.75) is 44.9 Å². The average molecular weight is 431 g/mol. The highest BCUT2D eigenvalue weighted by atomic mass is 35.5. The van der Waals surface area contributed by atoms with Crippen LogP contribution in [0.4, 0.5) is 11.4 Å². The van der Waals surface area contributed by atoms with Crippen LogP contribution in [0.15, 0.2) is 41.4 Å². The molecule has 1 aliphatic heterocycles. The van der Waals surface area contributed by atoms with Crippen LogP contribution in [0.25, 0.3) is 0 Å². The second-order valence-corrected chi connectivity index (χ2v) is 9.15. The summed E-state index contributed by atoms with van der Waals surface area (Å²) in [4.78, 5) is 7.04. The van der Waals surface area contributed by atoms with Gasteiger partial charge in [-0.2, -0.15) is 0 Å². The third-order valence-electron chi connectivity index (χ3n) is 6.55. The molecule has 1 heterocycles. The van der Waals surface area contributed by atoms with Gasteiger partial charge in [-0.05, 0) is 60.9 Å². The predicted molar refractivity (Wildman–Crippen MR) is 124 cm³/mol. The number of anilines is 1. The maximum Gasteiger partial charge on any atom is 0.156 e. The Morgan fingerprint density at radius 1 is 0.931 bits per heavy atom. The SMILES string of the molecule is COc1c(Cl)cc(N=Cc2ccc(N3CCC4(CCCCC4)CC3)cc2)cc1Cl. The Kier molecular flexibility index (Phi) is 6.36. The largest absolute Gasteiger partial charge is 0.494 e. The summed E-state index contributed by atoms with van der Waals surface area (Å²) in [6.45, 7) is 2.35. The zero-order chi connectivity index (χ0) is 20.3. The fraction of sp³-hybridized carbons (Fsp3) is 0.458. The van der Waals surface area contributed by atoms with Crippen LogP contribution >= 0.6 is 23.2 Å². The minimum atomic E-state index is 0.461. The van der Waals surface area contributed by atoms with Crippen molar-refractivity contribution in [2.24, 2.45) is 10.4 Å². The number of benzene rings is 2. The summed E-state index contributed by atoms with van der Waals surface area (Å²) in [6.07, 6.45) is 11.7. The molecular formula is C24H28Cl2N2O. The number of ether oxygens (including phenoxy) is 1. The summed E-state index contributed by atoms with van der Waals surface area (Å²) in [5, 5.41) is 0.923. The summed E-state index contributed by atoms with van der Waals surface area (Å²) < 4.78 is 5.18. The summed E-state index contributed by atoms with van der Waals surface area (Å²) >= 11 is 12.4. The van der Waals surface area contributed by atoms with Crippen LogP contribution in [0.5, 0.6) is 5.75 Å². The van der Waals surface area contributed by atoms with Crippen molar-refractivity contribution in [2.75, 3.05) is 25.1 Å². The first-order valence-electron chi connectivity index (χ1n) is 10.5. The van der Waals surface area contributed by atoms with E-state index in [-0.39, 0.29) is 0 Å². The first kappa shape index (κ1) is 20.6. The lowest BCUT2D eigenvalue weighted by atomic mass is 9.68. The zero-order valence-corrected chi connectivity index (χ0v) is 18.5. The first-order chi connectivity index (χ1) is 14.1. The molecule has 29 heavy (non-hydrogen) atoms. The van der Waals surface area contributed by atoms with Crippen molar-refractivity contribution in [1.82, 2.24) is 0 Å². The van der Waals surface area contributed by atoms with Gasteiger partial charge in [0.05, 0.1) is 22.8 Å². The van der Waals surface area contributed by atoms with Gasteiger partial charge in [-0.25, -0.2) is 0 Å². The van der Waals surface area contributed by atoms with Gasteiger partial charge in [0.15, 0.2) is 5.75 Å². The number of aliphatic imine (C=N–C) groups is 1. The van der Waals surface area contributed by atoms with Crippen molar-refractivity contribution in [3.05, 3.63) is 52.0 Å². The maximum absolute atomic E-state index is 6.19. The van der Waals surface area contributed by atoms with Gasteiger partial charge in [-0.3, -0.25) is 4.99 Å². The molecule has 3 nitrogen and oxygen atoms in total. The minimum absolute atomic E-state index is 0.461. The smallest absolute Gasteiger partial charge is 0.156 e. The third-order valence-corrected chi connectivity index (χ3v) is 7.11. The van der Waals surface area contributed by atoms with Crippen molar-refractivity contribution in [3.63, 3.8) is 0 Å². The molecule has 0 bridgehead atoms. The lowest BCUT2D eigenvalue weighted by Gasteiger charge is -2.45. The van der Waals surface area contributed by atoms with Gasteiger partial charge in [0.25, 0.3) is 0 Å². The molecule has 2 aromatic carbocycles. The second-order valence-electron chi connectivity index (χ2n) is 8.34. The molecule has 2 aliphatic rings. The van der Waals surface area contributed by atoms with Crippen LogP contribution in [-0.2, 0) is 0 Å². The molecule has 1 spiro atoms. The molecule has 0 radical (unpaired) electrons. The van der Waals surface area contributed by atoms with E-state index < -0.39 is 0 Å². The molecule has 0 unspecified atom stereocenters. The van der Waals surface area contributed by atoms with Gasteiger partial charge in [-0.1, -0.05) is 54.6 Å². The molecule has 154 valence electrons. The quantitative estimate of drug-likeness (QED) is 0.475. The maximum atomic E-state index is 6.19. The van der Waals surface area contributed by atoms with E-state index in [1.165, 1.54) is 63.7 Å². The molecule has 4 rings (SSSR count). The molecule has 0 atom stereocenters. The van der Waals surface area contributed by atoms with Crippen LogP contribution in [0, 0.1) is 5.41 Å². The molecular weight excluding hydrogens is 403 g/mol. The number of hydrogen-bond acceptors (Lipinski definition) is 3. The van der Waals surface area contributed by atoms with Crippen LogP contribution in [-0.4, -0.2) is 26.4 Å². The molecule has 0 amide bonds. The van der Waals surface area contributed by atoms with E-state index in [2.05, 4.69) is 34.2 Å². The number of rotatable bonds is 4. The second kappa shape index (κ2) is 8.97. The van der Waals surface area contributed by atoms with E-state index in [1.807, 2.05) is 6.21 Å². The zero-order valence-electron chi connectivity index (χ0n) is 17.0. The predicted octanol–water partition coefficient (Wildman–Crippen LogP) is 7.30. The summed E-state index contributed by atoms with van der Waals surface area (Å²) in [6, 6.07) is 12.2. The van der Waals surface area contributed by atoms with Crippen LogP contribution in [0.2, 0.25) is 10.0 Å². The monoisotopic (exact) mass is 430 g/mol. The molecule has 1 aliphatic carbocycles. The minimum Gasteiger partial charge on any atom is -0.494 e. The Morgan fingerprint density at radius 2 is 1.55 bits per heavy atom. The number of hydrogen-bond donors (Lipinski definition) is 0. The first-order valence-corrected chi connectivity index (χ1v) is 11.3. The van der Waals surface area contributed by atoms with E-state index in [0.29, 0.717) is 26.9 Å². The Labute approximate surface area is 183 Å². The lowest BCUT2D eigenvalue weighted by Crippen LogP contribution is -2.41. The van der Waals surface area contributed by atoms with Crippen molar-refractivity contribution >= 4 is 40.8 Å². The van der Waals surface area contributed by atoms with E-state index >= 15 is 0 Å². The highest BCUT2D eigenvalue weighted by Gasteiger charge is 2.35. The Hall–Kier alpha value is -1.71. The molecule has 0 N–H and O–H groups in total. The number of piperidine rings is 1. The average Bonchev–Trinajstić information content (AvgIpc) is 2.74. The topological polar surface area (TPSA) is 24.8 Å². The van der Waals surface area contributed by atoms with Crippen LogP contribution in [0.1, 0.15) is 50.5 Å². The normalized spacial score (nSPS) is 19.1. The van der Waals surface area contributed by atoms with Gasteiger partial charge in [0, 0.05) is 25.0 Å². The van der Waals surface area contributed by atoms with E-state index in [9.17, 15) is 0 Å². The fourth-order valence-electron chi connectivity index (χ4n) is 4.78. The van der Waals surface area contributed by atoms with Crippen molar-refractivity contribution in [1.29, 1.82) is 0 Å². The molecule has 1 saturated heterocycles. The highest BCUT2D eigenvalue weighted by Crippen LogP contribution is 2.45. The summed E-state index contributed by atoms with van der Waals surface area (Å²) in [5.41, 5.74) is 3.71. The summed E-state index contributed by atoms with van der Waals surface area (Å²) in [5.74, 6) is 0.480. The van der Waals surface area contributed by atoms with Crippen LogP contribution in [0.3, 0.4) is 0 Å². The van der Waals surface area contributed by atoms with Gasteiger partial charge >= 0.3 is 0 Å². The Morgan fingerprint density at radius 3 is 2.14 bits per heavy atom. The van der Waals surface area contributed by atoms with E-state index in [4.69, 9.17) is 27.9 Å². The molecule has 2 fully saturated rings. The van der Waals surface area contributed by atoms with Crippen molar-refractivity contribution < 1.29 is 4.74 Å². The molecule has 0 aromatic heterocycles. The van der Waals surface area contributed by atoms with E-state index in [1.54, 1.807) is 19.2 Å². The Bertz CT molecular complexity index is 840. The fourth-order valence-corrected chi connectivity index (χ4v) is 5.41. The van der Waals surface area contributed by atoms with Gasteiger partial charge in [0.1, 0.15) is 0 Å². The molecule has 2 aromatic rings. The number of halogens is 2. The molecule has 1 saturated carbocycles. The lowest BCUT2D eigenvalue weighted by molar-refractivity contribution is 0.144. The standard InChI is InChI=1S/C24H28Cl2N2O/c1-29-23-21(25)15-19(16-22(23)26)27-17-18-5-7-20(8-6-18)28-13-11-24(12-14-28)9-3-2-4-10-24/h5-8,15-17H,2-4,9-14H2,1H3.